The van der Waals surface area contributed by atoms with Crippen LogP contribution in [0.15, 0.2) is 0 Å². The van der Waals surface area contributed by atoms with E-state index in [2.05, 4.69) is 79.0 Å². The normalized spacial score (nSPS) is 16.9. The minimum absolute atomic E-state index is 0. The summed E-state index contributed by atoms with van der Waals surface area (Å²) in [5.74, 6) is 1.67. The third-order valence-corrected chi connectivity index (χ3v) is 4.95. The van der Waals surface area contributed by atoms with Gasteiger partial charge < -0.3 is 4.90 Å². The molecule has 2 heterocycles. The molecule has 3 aliphatic rings. The van der Waals surface area contributed by atoms with Gasteiger partial charge in [0, 0.05) is 5.54 Å². The van der Waals surface area contributed by atoms with Gasteiger partial charge in [-0.3, -0.25) is 4.90 Å². The minimum Gasteiger partial charge on any atom is -0.304 e. The zero-order chi connectivity index (χ0) is 26.7. The highest BCUT2D eigenvalue weighted by Crippen LogP contribution is 2.19. The quantitative estimate of drug-likeness (QED) is 0.362. The predicted molar refractivity (Wildman–Crippen MR) is 165 cm³/mol. The van der Waals surface area contributed by atoms with Crippen LogP contribution >= 0.6 is 0 Å². The van der Waals surface area contributed by atoms with Gasteiger partial charge >= 0.3 is 0 Å². The van der Waals surface area contributed by atoms with Gasteiger partial charge in [0.15, 0.2) is 0 Å². The van der Waals surface area contributed by atoms with Crippen molar-refractivity contribution in [3.63, 3.8) is 0 Å². The molecule has 2 saturated heterocycles. The van der Waals surface area contributed by atoms with Crippen LogP contribution < -0.4 is 0 Å². The molecule has 3 fully saturated rings. The van der Waals surface area contributed by atoms with Crippen molar-refractivity contribution < 1.29 is 0 Å². The highest BCUT2D eigenvalue weighted by molar-refractivity contribution is 4.79. The molecule has 0 amide bonds. The van der Waals surface area contributed by atoms with Crippen molar-refractivity contribution in [2.24, 2.45) is 11.8 Å². The molecule has 0 unspecified atom stereocenters. The second kappa shape index (κ2) is 32.9. The summed E-state index contributed by atoms with van der Waals surface area (Å²) in [6.45, 7) is 36.7. The summed E-state index contributed by atoms with van der Waals surface area (Å²) < 4.78 is 0. The highest BCUT2D eigenvalue weighted by atomic mass is 15.2. The Labute approximate surface area is 222 Å². The Hall–Kier alpha value is -0.0800. The maximum atomic E-state index is 2.55. The number of hydrogen-bond donors (Lipinski definition) is 0. The third-order valence-electron chi connectivity index (χ3n) is 4.95. The standard InChI is InChI=1S/C8H17N.C6H13N.C5H10.2C4H10.2C2H6.CH4/c1-8(2,3)9-6-4-5-7-9;1-2-7-5-3-4-6-7;1-2-4-5-3-1;2*1-4(2)3;2*1-2;/h4-7H2,1-3H3;2-6H2,1H3;1-5H2;2*4H,1-3H3;2*1-2H3;1H4. The van der Waals surface area contributed by atoms with E-state index in [1.54, 1.807) is 0 Å². The van der Waals surface area contributed by atoms with Crippen molar-refractivity contribution in [2.45, 2.75) is 168 Å². The predicted octanol–water partition coefficient (Wildman–Crippen LogP) is 10.9. The molecule has 2 heteroatoms. The second-order valence-corrected chi connectivity index (χ2v) is 11.2. The van der Waals surface area contributed by atoms with Gasteiger partial charge in [0.25, 0.3) is 0 Å². The summed E-state index contributed by atoms with van der Waals surface area (Å²) in [4.78, 5) is 5.03. The SMILES string of the molecule is C.C1CCCC1.CC.CC.CC(C)(C)N1CCCC1.CC(C)C.CC(C)C.CCN1CCCC1. The van der Waals surface area contributed by atoms with Crippen LogP contribution in [0.1, 0.15) is 162 Å². The van der Waals surface area contributed by atoms with Gasteiger partial charge in [-0.25, -0.2) is 0 Å². The number of rotatable bonds is 1. The van der Waals surface area contributed by atoms with E-state index in [-0.39, 0.29) is 7.43 Å². The fourth-order valence-corrected chi connectivity index (χ4v) is 3.37. The molecular weight excluding hydrogens is 412 g/mol. The lowest BCUT2D eigenvalue weighted by molar-refractivity contribution is 0.175. The summed E-state index contributed by atoms with van der Waals surface area (Å²) in [6.07, 6.45) is 13.1. The van der Waals surface area contributed by atoms with E-state index in [0.29, 0.717) is 5.54 Å². The molecule has 0 N–H and O–H groups in total. The second-order valence-electron chi connectivity index (χ2n) is 11.2. The van der Waals surface area contributed by atoms with Crippen LogP contribution in [0.2, 0.25) is 0 Å². The Kier molecular flexibility index (Phi) is 42.6. The van der Waals surface area contributed by atoms with E-state index < -0.39 is 0 Å². The lowest BCUT2D eigenvalue weighted by Crippen LogP contribution is -2.38. The maximum Gasteiger partial charge on any atom is 0.0125 e. The molecule has 1 aliphatic carbocycles. The van der Waals surface area contributed by atoms with E-state index in [9.17, 15) is 0 Å². The van der Waals surface area contributed by atoms with Crippen LogP contribution in [0.25, 0.3) is 0 Å². The van der Waals surface area contributed by atoms with Crippen LogP contribution in [-0.2, 0) is 0 Å². The summed E-state index contributed by atoms with van der Waals surface area (Å²) in [5, 5.41) is 0. The van der Waals surface area contributed by atoms with E-state index in [4.69, 9.17) is 0 Å². The Morgan fingerprint density at radius 3 is 0.912 bits per heavy atom. The molecule has 3 rings (SSSR count). The molecular formula is C32H76N2. The fourth-order valence-electron chi connectivity index (χ4n) is 3.37. The number of likely N-dealkylation sites (tertiary alicyclic amines) is 2. The van der Waals surface area contributed by atoms with Crippen LogP contribution in [0, 0.1) is 11.8 Å². The summed E-state index contributed by atoms with van der Waals surface area (Å²) in [5.41, 5.74) is 0.413. The third kappa shape index (κ3) is 42.1. The minimum atomic E-state index is 0. The Morgan fingerprint density at radius 1 is 0.529 bits per heavy atom. The molecule has 0 aromatic heterocycles. The average Bonchev–Trinajstić information content (AvgIpc) is 3.55. The summed E-state index contributed by atoms with van der Waals surface area (Å²) in [6, 6.07) is 0. The van der Waals surface area contributed by atoms with E-state index >= 15 is 0 Å². The molecule has 0 aromatic carbocycles. The van der Waals surface area contributed by atoms with Crippen molar-refractivity contribution in [2.75, 3.05) is 32.7 Å². The molecule has 214 valence electrons. The monoisotopic (exact) mass is 489 g/mol. The van der Waals surface area contributed by atoms with Crippen LogP contribution in [0.4, 0.5) is 0 Å². The lowest BCUT2D eigenvalue weighted by Gasteiger charge is -2.31. The Balaban J connectivity index is -0.000000102. The van der Waals surface area contributed by atoms with Gasteiger partial charge in [0.1, 0.15) is 0 Å². The Morgan fingerprint density at radius 2 is 0.765 bits per heavy atom. The zero-order valence-electron chi connectivity index (χ0n) is 26.4. The van der Waals surface area contributed by atoms with Crippen LogP contribution in [-0.4, -0.2) is 48.1 Å². The van der Waals surface area contributed by atoms with E-state index in [1.807, 2.05) is 27.7 Å². The molecule has 34 heavy (non-hydrogen) atoms. The van der Waals surface area contributed by atoms with Gasteiger partial charge in [-0.2, -0.15) is 0 Å². The summed E-state index contributed by atoms with van der Waals surface area (Å²) >= 11 is 0. The van der Waals surface area contributed by atoms with Crippen molar-refractivity contribution in [3.05, 3.63) is 0 Å². The van der Waals surface area contributed by atoms with Crippen LogP contribution in [0.3, 0.4) is 0 Å². The number of hydrogen-bond acceptors (Lipinski definition) is 2. The molecule has 2 aliphatic heterocycles. The molecule has 1 saturated carbocycles. The van der Waals surface area contributed by atoms with E-state index in [1.165, 1.54) is 90.5 Å². The first-order chi connectivity index (χ1) is 15.5. The van der Waals surface area contributed by atoms with Gasteiger partial charge in [-0.1, -0.05) is 116 Å². The molecule has 0 atom stereocenters. The topological polar surface area (TPSA) is 6.48 Å². The van der Waals surface area contributed by atoms with Crippen molar-refractivity contribution in [1.82, 2.24) is 9.80 Å². The van der Waals surface area contributed by atoms with Crippen molar-refractivity contribution >= 4 is 0 Å². The molecule has 0 bridgehead atoms. The smallest absolute Gasteiger partial charge is 0.0125 e. The fraction of sp³-hybridized carbons (Fsp3) is 1.00. The van der Waals surface area contributed by atoms with E-state index in [0.717, 1.165) is 11.8 Å². The molecule has 0 spiro atoms. The van der Waals surface area contributed by atoms with Crippen molar-refractivity contribution in [1.29, 1.82) is 0 Å². The Bertz CT molecular complexity index is 282. The molecule has 0 aromatic rings. The van der Waals surface area contributed by atoms with Gasteiger partial charge in [-0.15, -0.1) is 0 Å². The molecule has 0 radical (unpaired) electrons. The average molecular weight is 489 g/mol. The van der Waals surface area contributed by atoms with Gasteiger partial charge in [-0.05, 0) is 91.0 Å². The lowest BCUT2D eigenvalue weighted by atomic mass is 10.1. The van der Waals surface area contributed by atoms with Gasteiger partial charge in [0.05, 0.1) is 0 Å². The number of nitrogens with zero attached hydrogens (tertiary/aromatic N) is 2. The highest BCUT2D eigenvalue weighted by Gasteiger charge is 2.23. The summed E-state index contributed by atoms with van der Waals surface area (Å²) in [7, 11) is 0. The van der Waals surface area contributed by atoms with Crippen LogP contribution in [0.5, 0.6) is 0 Å². The van der Waals surface area contributed by atoms with Gasteiger partial charge in [0.2, 0.25) is 0 Å². The largest absolute Gasteiger partial charge is 0.304 e. The van der Waals surface area contributed by atoms with Crippen molar-refractivity contribution in [3.8, 4) is 0 Å². The first-order valence-corrected chi connectivity index (χ1v) is 15.0. The first kappa shape index (κ1) is 44.0. The molecule has 2 nitrogen and oxygen atoms in total. The maximum absolute atomic E-state index is 2.55. The zero-order valence-corrected chi connectivity index (χ0v) is 26.4. The first-order valence-electron chi connectivity index (χ1n) is 15.0.